The smallest absolute Gasteiger partial charge is 0.202 e. The summed E-state index contributed by atoms with van der Waals surface area (Å²) in [6, 6.07) is 33.5. The highest BCUT2D eigenvalue weighted by Crippen LogP contribution is 2.37. The molecule has 2 atom stereocenters. The molecule has 3 aromatic carbocycles. The predicted molar refractivity (Wildman–Crippen MR) is 169 cm³/mol. The van der Waals surface area contributed by atoms with Crippen molar-refractivity contribution >= 4 is 16.7 Å². The molecule has 1 fully saturated rings. The molecule has 5 nitrogen and oxygen atoms in total. The number of carbonyl (C=O) groups is 1. The number of benzene rings is 3. The number of pyridine rings is 1. The summed E-state index contributed by atoms with van der Waals surface area (Å²) in [4.78, 5) is 23.8. The van der Waals surface area contributed by atoms with Gasteiger partial charge in [-0.3, -0.25) is 14.7 Å². The Morgan fingerprint density at radius 3 is 2.19 bits per heavy atom. The maximum absolute atomic E-state index is 14.0. The third kappa shape index (κ3) is 6.74. The Bertz CT molecular complexity index is 1510. The predicted octanol–water partition coefficient (Wildman–Crippen LogP) is 6.68. The highest BCUT2D eigenvalue weighted by atomic mass is 16.5. The van der Waals surface area contributed by atoms with Crippen LogP contribution in [-0.4, -0.2) is 53.4 Å². The van der Waals surface area contributed by atoms with Crippen molar-refractivity contribution in [1.82, 2.24) is 14.8 Å². The lowest BCUT2D eigenvalue weighted by atomic mass is 9.77. The van der Waals surface area contributed by atoms with E-state index in [1.165, 1.54) is 16.5 Å². The molecule has 4 aromatic rings. The van der Waals surface area contributed by atoms with E-state index in [1.54, 1.807) is 0 Å². The summed E-state index contributed by atoms with van der Waals surface area (Å²) in [5.74, 6) is 1.08. The van der Waals surface area contributed by atoms with Gasteiger partial charge in [0.15, 0.2) is 5.76 Å². The third-order valence-electron chi connectivity index (χ3n) is 8.89. The van der Waals surface area contributed by atoms with E-state index in [2.05, 4.69) is 95.6 Å². The SMILES string of the molecule is CC1CC(N2CCN(Cc3ccc4ccccc4n3)CC2)=C(OCCc2ccccc2)C(=O)[C@H]1CCc1ccccc1. The molecule has 0 amide bonds. The van der Waals surface area contributed by atoms with Crippen LogP contribution < -0.4 is 0 Å². The van der Waals surface area contributed by atoms with Gasteiger partial charge in [-0.25, -0.2) is 0 Å². The molecule has 216 valence electrons. The van der Waals surface area contributed by atoms with Crippen LogP contribution in [0, 0.1) is 11.8 Å². The normalized spacial score (nSPS) is 19.8. The van der Waals surface area contributed by atoms with Gasteiger partial charge in [-0.2, -0.15) is 0 Å². The average molecular weight is 560 g/mol. The number of aryl methyl sites for hydroxylation is 1. The number of rotatable bonds is 10. The van der Waals surface area contributed by atoms with Gasteiger partial charge in [0, 0.05) is 50.4 Å². The summed E-state index contributed by atoms with van der Waals surface area (Å²) >= 11 is 0. The van der Waals surface area contributed by atoms with Gasteiger partial charge in [-0.15, -0.1) is 0 Å². The van der Waals surface area contributed by atoms with Crippen LogP contribution in [0.1, 0.15) is 36.6 Å². The lowest BCUT2D eigenvalue weighted by Gasteiger charge is -2.41. The fourth-order valence-electron chi connectivity index (χ4n) is 6.44. The molecule has 2 heterocycles. The minimum atomic E-state index is -0.0130. The Hall–Kier alpha value is -3.96. The molecular formula is C37H41N3O2. The number of ether oxygens (including phenoxy) is 1. The molecule has 1 aliphatic heterocycles. The van der Waals surface area contributed by atoms with E-state index in [1.807, 2.05) is 18.2 Å². The maximum atomic E-state index is 14.0. The fourth-order valence-corrected chi connectivity index (χ4v) is 6.44. The van der Waals surface area contributed by atoms with Crippen molar-refractivity contribution in [3.05, 3.63) is 125 Å². The first-order valence-corrected chi connectivity index (χ1v) is 15.4. The standard InChI is InChI=1S/C37H41N3O2/c1-28-26-35(40-23-21-39(22-24-40)27-32-18-17-31-14-8-9-15-34(31)38-32)37(42-25-20-30-12-6-3-7-13-30)36(41)33(28)19-16-29-10-4-2-5-11-29/h2-15,17-18,28,33H,16,19-27H2,1H3/t28?,33-/m0/s1. The summed E-state index contributed by atoms with van der Waals surface area (Å²) in [5, 5.41) is 1.18. The molecule has 1 aliphatic carbocycles. The van der Waals surface area contributed by atoms with E-state index in [9.17, 15) is 4.79 Å². The third-order valence-corrected chi connectivity index (χ3v) is 8.89. The second kappa shape index (κ2) is 13.3. The van der Waals surface area contributed by atoms with E-state index in [4.69, 9.17) is 9.72 Å². The summed E-state index contributed by atoms with van der Waals surface area (Å²) in [6.45, 7) is 7.27. The Kier molecular flexibility index (Phi) is 8.95. The van der Waals surface area contributed by atoms with Crippen LogP contribution >= 0.6 is 0 Å². The lowest BCUT2D eigenvalue weighted by molar-refractivity contribution is -0.126. The number of para-hydroxylation sites is 1. The van der Waals surface area contributed by atoms with Crippen molar-refractivity contribution in [3.63, 3.8) is 0 Å². The van der Waals surface area contributed by atoms with Gasteiger partial charge >= 0.3 is 0 Å². The number of piperazine rings is 1. The molecule has 0 N–H and O–H groups in total. The number of aromatic nitrogens is 1. The number of carbonyl (C=O) groups excluding carboxylic acids is 1. The number of Topliss-reactive ketones (excluding diaryl/α,β-unsaturated/α-hetero) is 1. The van der Waals surface area contributed by atoms with Crippen molar-refractivity contribution in [3.8, 4) is 0 Å². The summed E-state index contributed by atoms with van der Waals surface area (Å²) < 4.78 is 6.42. The first kappa shape index (κ1) is 28.2. The second-order valence-corrected chi connectivity index (χ2v) is 11.8. The van der Waals surface area contributed by atoms with Crippen molar-refractivity contribution < 1.29 is 9.53 Å². The first-order chi connectivity index (χ1) is 20.6. The molecule has 0 bridgehead atoms. The van der Waals surface area contributed by atoms with Crippen molar-refractivity contribution in [2.24, 2.45) is 11.8 Å². The largest absolute Gasteiger partial charge is 0.488 e. The zero-order valence-electron chi connectivity index (χ0n) is 24.6. The molecule has 0 saturated carbocycles. The first-order valence-electron chi connectivity index (χ1n) is 15.4. The van der Waals surface area contributed by atoms with E-state index in [-0.39, 0.29) is 17.6 Å². The van der Waals surface area contributed by atoms with Gasteiger partial charge < -0.3 is 9.64 Å². The Labute approximate surface area is 249 Å². The molecular weight excluding hydrogens is 518 g/mol. The van der Waals surface area contributed by atoms with Gasteiger partial charge in [-0.05, 0) is 48.4 Å². The molecule has 1 aromatic heterocycles. The number of hydrogen-bond donors (Lipinski definition) is 0. The Morgan fingerprint density at radius 2 is 1.45 bits per heavy atom. The summed E-state index contributed by atoms with van der Waals surface area (Å²) in [5.41, 5.74) is 5.78. The van der Waals surface area contributed by atoms with Crippen LogP contribution in [0.15, 0.2) is 109 Å². The fraction of sp³-hybridized carbons (Fsp3) is 0.351. The van der Waals surface area contributed by atoms with Crippen LogP contribution in [0.3, 0.4) is 0 Å². The second-order valence-electron chi connectivity index (χ2n) is 11.8. The average Bonchev–Trinajstić information content (AvgIpc) is 3.03. The van der Waals surface area contributed by atoms with Crippen molar-refractivity contribution in [1.29, 1.82) is 0 Å². The van der Waals surface area contributed by atoms with E-state index < -0.39 is 0 Å². The van der Waals surface area contributed by atoms with E-state index in [0.717, 1.165) is 75.3 Å². The number of ketones is 1. The number of allylic oxidation sites excluding steroid dienone is 2. The Balaban J connectivity index is 1.14. The monoisotopic (exact) mass is 559 g/mol. The zero-order valence-corrected chi connectivity index (χ0v) is 24.6. The number of nitrogens with zero attached hydrogens (tertiary/aromatic N) is 3. The highest BCUT2D eigenvalue weighted by molar-refractivity contribution is 5.97. The molecule has 2 aliphatic rings. The molecule has 6 rings (SSSR count). The summed E-state index contributed by atoms with van der Waals surface area (Å²) in [6.07, 6.45) is 3.45. The van der Waals surface area contributed by atoms with Gasteiger partial charge in [-0.1, -0.05) is 91.9 Å². The quantitative estimate of drug-likeness (QED) is 0.217. The number of fused-ring (bicyclic) bond motifs is 1. The molecule has 42 heavy (non-hydrogen) atoms. The van der Waals surface area contributed by atoms with E-state index >= 15 is 0 Å². The van der Waals surface area contributed by atoms with Gasteiger partial charge in [0.1, 0.15) is 0 Å². The molecule has 0 radical (unpaired) electrons. The van der Waals surface area contributed by atoms with Crippen LogP contribution in [0.25, 0.3) is 10.9 Å². The van der Waals surface area contributed by atoms with Crippen LogP contribution in [0.2, 0.25) is 0 Å². The summed E-state index contributed by atoms with van der Waals surface area (Å²) in [7, 11) is 0. The molecule has 5 heteroatoms. The van der Waals surface area contributed by atoms with E-state index in [0.29, 0.717) is 12.4 Å². The van der Waals surface area contributed by atoms with Crippen LogP contribution in [0.5, 0.6) is 0 Å². The van der Waals surface area contributed by atoms with Gasteiger partial charge in [0.05, 0.1) is 23.5 Å². The zero-order chi connectivity index (χ0) is 28.7. The van der Waals surface area contributed by atoms with Crippen molar-refractivity contribution in [2.75, 3.05) is 32.8 Å². The molecule has 0 spiro atoms. The van der Waals surface area contributed by atoms with Crippen molar-refractivity contribution in [2.45, 2.75) is 39.2 Å². The molecule has 1 saturated heterocycles. The number of hydrogen-bond acceptors (Lipinski definition) is 5. The van der Waals surface area contributed by atoms with Gasteiger partial charge in [0.2, 0.25) is 5.78 Å². The minimum Gasteiger partial charge on any atom is -0.488 e. The lowest BCUT2D eigenvalue weighted by Crippen LogP contribution is -2.47. The maximum Gasteiger partial charge on any atom is 0.202 e. The Morgan fingerprint density at radius 1 is 0.786 bits per heavy atom. The van der Waals surface area contributed by atoms with Crippen LogP contribution in [0.4, 0.5) is 0 Å². The van der Waals surface area contributed by atoms with Gasteiger partial charge in [0.25, 0.3) is 0 Å². The molecule has 1 unspecified atom stereocenters. The van der Waals surface area contributed by atoms with Crippen LogP contribution in [-0.2, 0) is 28.9 Å². The topological polar surface area (TPSA) is 45.7 Å². The minimum absolute atomic E-state index is 0.0130. The highest BCUT2D eigenvalue weighted by Gasteiger charge is 2.38.